The maximum Gasteiger partial charge on any atom is 0.305 e. The number of oxime groups is 1. The number of nitriles is 2. The number of carboxylic acids is 1. The summed E-state index contributed by atoms with van der Waals surface area (Å²) in [6, 6.07) is 18.6. The van der Waals surface area contributed by atoms with Gasteiger partial charge >= 0.3 is 5.97 Å². The van der Waals surface area contributed by atoms with Gasteiger partial charge in [-0.05, 0) is 47.4 Å². The Morgan fingerprint density at radius 1 is 1.11 bits per heavy atom. The predicted octanol–water partition coefficient (Wildman–Crippen LogP) is 4.75. The van der Waals surface area contributed by atoms with E-state index in [1.165, 1.54) is 7.11 Å². The lowest BCUT2D eigenvalue weighted by atomic mass is 9.96. The molecule has 0 heterocycles. The van der Waals surface area contributed by atoms with E-state index < -0.39 is 11.9 Å². The molecule has 1 aliphatic carbocycles. The molecule has 8 nitrogen and oxygen atoms in total. The van der Waals surface area contributed by atoms with Crippen LogP contribution in [0.15, 0.2) is 77.5 Å². The molecular weight excluding hydrogens is 446 g/mol. The molecule has 0 aromatic heterocycles. The number of rotatable bonds is 11. The predicted molar refractivity (Wildman–Crippen MR) is 129 cm³/mol. The molecule has 0 radical (unpaired) electrons. The lowest BCUT2D eigenvalue weighted by Crippen LogP contribution is -2.15. The summed E-state index contributed by atoms with van der Waals surface area (Å²) < 4.78 is 11.7. The van der Waals surface area contributed by atoms with E-state index in [1.54, 1.807) is 24.3 Å². The van der Waals surface area contributed by atoms with Gasteiger partial charge in [0.05, 0.1) is 30.4 Å². The molecule has 1 N–H and O–H groups in total. The lowest BCUT2D eigenvalue weighted by Gasteiger charge is -2.13. The Kier molecular flexibility index (Phi) is 9.04. The summed E-state index contributed by atoms with van der Waals surface area (Å²) in [4.78, 5) is 15.8. The Morgan fingerprint density at radius 2 is 1.80 bits per heavy atom. The second kappa shape index (κ2) is 12.6. The highest BCUT2D eigenvalue weighted by molar-refractivity contribution is 6.03. The first-order valence-electron chi connectivity index (χ1n) is 11.0. The molecule has 8 heteroatoms. The van der Waals surface area contributed by atoms with Gasteiger partial charge in [0.15, 0.2) is 0 Å². The largest absolute Gasteiger partial charge is 0.489 e. The van der Waals surface area contributed by atoms with E-state index in [4.69, 9.17) is 29.9 Å². The molecule has 2 aromatic carbocycles. The van der Waals surface area contributed by atoms with Crippen LogP contribution in [0.2, 0.25) is 0 Å². The summed E-state index contributed by atoms with van der Waals surface area (Å²) >= 11 is 0. The van der Waals surface area contributed by atoms with Gasteiger partial charge < -0.3 is 19.4 Å². The molecule has 0 spiro atoms. The van der Waals surface area contributed by atoms with Gasteiger partial charge in [-0.3, -0.25) is 4.79 Å². The fourth-order valence-electron chi connectivity index (χ4n) is 3.41. The highest BCUT2D eigenvalue weighted by Gasteiger charge is 2.15. The molecule has 178 valence electrons. The van der Waals surface area contributed by atoms with E-state index in [0.29, 0.717) is 35.8 Å². The molecule has 2 unspecified atom stereocenters. The summed E-state index contributed by atoms with van der Waals surface area (Å²) in [7, 11) is 1.48. The molecule has 0 saturated carbocycles. The second-order valence-electron chi connectivity index (χ2n) is 7.78. The number of benzene rings is 2. The maximum atomic E-state index is 10.9. The quantitative estimate of drug-likeness (QED) is 0.370. The fourth-order valence-corrected chi connectivity index (χ4v) is 3.41. The van der Waals surface area contributed by atoms with Gasteiger partial charge in [-0.15, -0.1) is 0 Å². The van der Waals surface area contributed by atoms with Crippen molar-refractivity contribution in [3.63, 3.8) is 0 Å². The van der Waals surface area contributed by atoms with Crippen LogP contribution < -0.4 is 9.47 Å². The highest BCUT2D eigenvalue weighted by atomic mass is 16.6. The molecule has 0 aliphatic heterocycles. The van der Waals surface area contributed by atoms with Gasteiger partial charge in [0.1, 0.15) is 37.5 Å². The molecule has 0 bridgehead atoms. The molecule has 35 heavy (non-hydrogen) atoms. The van der Waals surface area contributed by atoms with Crippen molar-refractivity contribution >= 4 is 11.7 Å². The fraction of sp³-hybridized carbons (Fsp3) is 0.259. The number of carbonyl (C=O) groups is 1. The van der Waals surface area contributed by atoms with E-state index in [-0.39, 0.29) is 18.9 Å². The van der Waals surface area contributed by atoms with Crippen LogP contribution in [-0.2, 0) is 16.2 Å². The van der Waals surface area contributed by atoms with Crippen molar-refractivity contribution in [3.05, 3.63) is 83.5 Å². The van der Waals surface area contributed by atoms with Crippen molar-refractivity contribution in [2.45, 2.75) is 25.4 Å². The van der Waals surface area contributed by atoms with Crippen molar-refractivity contribution in [2.75, 3.05) is 13.7 Å². The Labute approximate surface area is 204 Å². The highest BCUT2D eigenvalue weighted by Crippen LogP contribution is 2.23. The van der Waals surface area contributed by atoms with E-state index >= 15 is 0 Å². The minimum Gasteiger partial charge on any atom is -0.489 e. The van der Waals surface area contributed by atoms with E-state index in [2.05, 4.69) is 11.2 Å². The summed E-state index contributed by atoms with van der Waals surface area (Å²) in [5.74, 6) is -0.540. The van der Waals surface area contributed by atoms with Crippen LogP contribution in [0.25, 0.3) is 0 Å². The van der Waals surface area contributed by atoms with Crippen LogP contribution in [0.5, 0.6) is 11.5 Å². The number of nitrogens with zero attached hydrogens (tertiary/aromatic N) is 3. The Balaban J connectivity index is 1.52. The van der Waals surface area contributed by atoms with Gasteiger partial charge in [-0.1, -0.05) is 47.6 Å². The topological polar surface area (TPSA) is 125 Å². The number of hydrogen-bond donors (Lipinski definition) is 1. The first-order chi connectivity index (χ1) is 17.0. The van der Waals surface area contributed by atoms with Gasteiger partial charge in [0.2, 0.25) is 0 Å². The Bertz CT molecular complexity index is 1190. The van der Waals surface area contributed by atoms with E-state index in [9.17, 15) is 4.79 Å². The zero-order valence-electron chi connectivity index (χ0n) is 19.3. The number of allylic oxidation sites excluding steroid dienone is 3. The average molecular weight is 472 g/mol. The number of ether oxygens (including phenoxy) is 2. The summed E-state index contributed by atoms with van der Waals surface area (Å²) in [5.41, 5.74) is 3.09. The van der Waals surface area contributed by atoms with Gasteiger partial charge in [0.25, 0.3) is 0 Å². The lowest BCUT2D eigenvalue weighted by molar-refractivity contribution is -0.137. The number of aliphatic carboxylic acids is 1. The standard InChI is InChI=1S/C27H25N3O5/c1-33-30-26(22-6-2-19(15-28)3-7-22)18-35-24-10-4-20(5-11-24)17-34-25-12-8-21(9-13-25)23(16-29)14-27(31)32/h2,4-13,19,23H,3,14,17-18H2,1H3,(H,31,32). The first kappa shape index (κ1) is 25.1. The normalized spacial score (nSPS) is 15.8. The van der Waals surface area contributed by atoms with Crippen LogP contribution >= 0.6 is 0 Å². The van der Waals surface area contributed by atoms with E-state index in [0.717, 1.165) is 11.1 Å². The van der Waals surface area contributed by atoms with Gasteiger partial charge in [0, 0.05) is 0 Å². The SMILES string of the molecule is CON=C(COc1ccc(COc2ccc(C(C#N)CC(=O)O)cc2)cc1)C1=CCC(C#N)C=C1. The zero-order chi connectivity index (χ0) is 25.0. The summed E-state index contributed by atoms with van der Waals surface area (Å²) in [5, 5.41) is 31.1. The maximum absolute atomic E-state index is 10.9. The molecule has 0 fully saturated rings. The van der Waals surface area contributed by atoms with Crippen molar-refractivity contribution < 1.29 is 24.2 Å². The van der Waals surface area contributed by atoms with Crippen molar-refractivity contribution in [3.8, 4) is 23.6 Å². The van der Waals surface area contributed by atoms with Crippen molar-refractivity contribution in [1.82, 2.24) is 0 Å². The molecular formula is C27H25N3O5. The molecule has 1 aliphatic rings. The molecule has 3 rings (SSSR count). The number of carboxylic acid groups (broad SMARTS) is 1. The minimum atomic E-state index is -1.01. The van der Waals surface area contributed by atoms with E-state index in [1.807, 2.05) is 48.6 Å². The average Bonchev–Trinajstić information content (AvgIpc) is 2.89. The third kappa shape index (κ3) is 7.48. The van der Waals surface area contributed by atoms with Crippen molar-refractivity contribution in [1.29, 1.82) is 10.5 Å². The molecule has 0 saturated heterocycles. The third-order valence-electron chi connectivity index (χ3n) is 5.32. The van der Waals surface area contributed by atoms with Crippen LogP contribution in [-0.4, -0.2) is 30.5 Å². The molecule has 0 amide bonds. The van der Waals surface area contributed by atoms with Crippen LogP contribution in [0.3, 0.4) is 0 Å². The second-order valence-corrected chi connectivity index (χ2v) is 7.78. The number of hydrogen-bond acceptors (Lipinski definition) is 7. The molecule has 2 atom stereocenters. The zero-order valence-corrected chi connectivity index (χ0v) is 19.3. The monoisotopic (exact) mass is 471 g/mol. The summed E-state index contributed by atoms with van der Waals surface area (Å²) in [6.45, 7) is 0.555. The Hall–Kier alpha value is -4.56. The van der Waals surface area contributed by atoms with Gasteiger partial charge in [-0.2, -0.15) is 10.5 Å². The van der Waals surface area contributed by atoms with Gasteiger partial charge in [-0.25, -0.2) is 0 Å². The third-order valence-corrected chi connectivity index (χ3v) is 5.32. The summed E-state index contributed by atoms with van der Waals surface area (Å²) in [6.07, 6.45) is 6.05. The smallest absolute Gasteiger partial charge is 0.305 e. The van der Waals surface area contributed by atoms with Crippen LogP contribution in [0, 0.1) is 28.6 Å². The molecule has 2 aromatic rings. The minimum absolute atomic E-state index is 0.123. The van der Waals surface area contributed by atoms with Crippen molar-refractivity contribution in [2.24, 2.45) is 11.1 Å². The first-order valence-corrected chi connectivity index (χ1v) is 11.0. The Morgan fingerprint density at radius 3 is 2.37 bits per heavy atom. The van der Waals surface area contributed by atoms with Crippen LogP contribution in [0.1, 0.15) is 29.9 Å². The van der Waals surface area contributed by atoms with Crippen LogP contribution in [0.4, 0.5) is 0 Å².